The van der Waals surface area contributed by atoms with E-state index in [0.717, 1.165) is 50.0 Å². The van der Waals surface area contributed by atoms with E-state index >= 15 is 0 Å². The summed E-state index contributed by atoms with van der Waals surface area (Å²) in [6.07, 6.45) is 4.53. The van der Waals surface area contributed by atoms with Crippen molar-refractivity contribution >= 4 is 30.1 Å². The van der Waals surface area contributed by atoms with Crippen LogP contribution in [0, 0.1) is 24.2 Å². The molecule has 1 aromatic heterocycles. The molecule has 0 atom stereocenters. The van der Waals surface area contributed by atoms with Crippen LogP contribution in [0.2, 0.25) is 0 Å². The first-order chi connectivity index (χ1) is 21.5. The van der Waals surface area contributed by atoms with Crippen molar-refractivity contribution in [3.05, 3.63) is 75.5 Å². The summed E-state index contributed by atoms with van der Waals surface area (Å²) in [5.41, 5.74) is 5.40. The van der Waals surface area contributed by atoms with Crippen molar-refractivity contribution in [1.82, 2.24) is 5.16 Å². The molecule has 0 bridgehead atoms. The molecule has 46 heavy (non-hydrogen) atoms. The van der Waals surface area contributed by atoms with Gasteiger partial charge in [-0.25, -0.2) is 4.79 Å². The predicted octanol–water partition coefficient (Wildman–Crippen LogP) is 9.01. The fraction of sp³-hybridized carbons (Fsp3) is 0.500. The topological polar surface area (TPSA) is 114 Å². The van der Waals surface area contributed by atoms with Gasteiger partial charge in [-0.2, -0.15) is 18.4 Å². The first kappa shape index (κ1) is 36.6. The number of fused-ring (bicyclic) bond motifs is 1. The van der Waals surface area contributed by atoms with Gasteiger partial charge in [-0.1, -0.05) is 30.5 Å². The molecule has 1 fully saturated rings. The van der Waals surface area contributed by atoms with E-state index in [1.54, 1.807) is 0 Å². The molecule has 0 aliphatic heterocycles. The second-order valence-corrected chi connectivity index (χ2v) is 12.0. The molecule has 3 aromatic rings. The van der Waals surface area contributed by atoms with Gasteiger partial charge in [0.25, 0.3) is 0 Å². The standard InChI is InChI=1S/C33H39F3N4O.CH2O3.ClH/c1-3-39(20-24-9-5-4-6-10-24)31-18-28-12-8-7-11-27(28)17-29(31)22-40(32-13-23(2)38-41-32)21-26-14-25(19-37)15-30(16-26)33(34,35)36;2-1(3)4;/h13-18,24H,3-12,20-22H2,1-2H3;(H2,2,3,4);1H. The lowest BCUT2D eigenvalue weighted by molar-refractivity contribution is -0.137. The van der Waals surface area contributed by atoms with Gasteiger partial charge in [0.1, 0.15) is 0 Å². The first-order valence-corrected chi connectivity index (χ1v) is 15.6. The molecule has 1 heterocycles. The largest absolute Gasteiger partial charge is 0.503 e. The third kappa shape index (κ3) is 10.0. The quantitative estimate of drug-likeness (QED) is 0.233. The molecule has 2 aliphatic carbocycles. The van der Waals surface area contributed by atoms with Crippen LogP contribution in [0.25, 0.3) is 0 Å². The van der Waals surface area contributed by atoms with Gasteiger partial charge in [-0.3, -0.25) is 0 Å². The number of nitrogens with zero attached hydrogens (tertiary/aromatic N) is 4. The summed E-state index contributed by atoms with van der Waals surface area (Å²) >= 11 is 0. The molecule has 0 radical (unpaired) electrons. The average molecular weight is 663 g/mol. The second kappa shape index (κ2) is 16.6. The SMILES string of the molecule is CCN(CC1CCCCC1)c1cc2c(cc1CN(Cc1cc(C#N)cc(C(F)(F)F)c1)c1cc(C)no1)CCCC2.Cl.O=C(O)O. The minimum absolute atomic E-state index is 0. The Morgan fingerprint density at radius 2 is 1.63 bits per heavy atom. The third-order valence-electron chi connectivity index (χ3n) is 8.58. The maximum Gasteiger partial charge on any atom is 0.503 e. The minimum atomic E-state index is -4.54. The molecule has 2 N–H and O–H groups in total. The Balaban J connectivity index is 0.00000109. The lowest BCUT2D eigenvalue weighted by Crippen LogP contribution is -2.32. The molecule has 0 spiro atoms. The van der Waals surface area contributed by atoms with Crippen LogP contribution < -0.4 is 9.80 Å². The summed E-state index contributed by atoms with van der Waals surface area (Å²) in [6, 6.07) is 12.0. The Morgan fingerprint density at radius 3 is 2.20 bits per heavy atom. The minimum Gasteiger partial charge on any atom is -0.450 e. The number of aromatic nitrogens is 1. The van der Waals surface area contributed by atoms with E-state index in [-0.39, 0.29) is 24.5 Å². The van der Waals surface area contributed by atoms with E-state index < -0.39 is 17.9 Å². The van der Waals surface area contributed by atoms with Gasteiger partial charge in [-0.05, 0) is 105 Å². The highest BCUT2D eigenvalue weighted by Gasteiger charge is 2.32. The van der Waals surface area contributed by atoms with Crippen LogP contribution in [-0.2, 0) is 32.1 Å². The van der Waals surface area contributed by atoms with Crippen molar-refractivity contribution in [2.45, 2.75) is 90.9 Å². The third-order valence-corrected chi connectivity index (χ3v) is 8.58. The van der Waals surface area contributed by atoms with E-state index in [1.165, 1.54) is 61.4 Å². The summed E-state index contributed by atoms with van der Waals surface area (Å²) in [6.45, 7) is 6.55. The van der Waals surface area contributed by atoms with Crippen molar-refractivity contribution in [2.75, 3.05) is 22.9 Å². The van der Waals surface area contributed by atoms with Crippen molar-refractivity contribution in [3.8, 4) is 6.07 Å². The summed E-state index contributed by atoms with van der Waals surface area (Å²) < 4.78 is 46.7. The lowest BCUT2D eigenvalue weighted by atomic mass is 9.87. The Hall–Kier alpha value is -3.91. The summed E-state index contributed by atoms with van der Waals surface area (Å²) in [5.74, 6) is 1.17. The van der Waals surface area contributed by atoms with Crippen molar-refractivity contribution in [3.63, 3.8) is 0 Å². The molecule has 250 valence electrons. The normalized spacial score (nSPS) is 14.6. The molecule has 0 unspecified atom stereocenters. The Kier molecular flexibility index (Phi) is 13.2. The van der Waals surface area contributed by atoms with Crippen LogP contribution >= 0.6 is 12.4 Å². The van der Waals surface area contributed by atoms with Crippen LogP contribution in [-0.4, -0.2) is 34.6 Å². The summed E-state index contributed by atoms with van der Waals surface area (Å²) in [4.78, 5) is 13.0. The molecule has 2 aromatic carbocycles. The van der Waals surface area contributed by atoms with Crippen molar-refractivity contribution < 1.29 is 32.7 Å². The summed E-state index contributed by atoms with van der Waals surface area (Å²) in [7, 11) is 0. The van der Waals surface area contributed by atoms with Crippen molar-refractivity contribution in [1.29, 1.82) is 5.26 Å². The molecular weight excluding hydrogens is 621 g/mol. The molecule has 2 aliphatic rings. The fourth-order valence-electron chi connectivity index (χ4n) is 6.47. The highest BCUT2D eigenvalue weighted by molar-refractivity contribution is 5.85. The van der Waals surface area contributed by atoms with Crippen LogP contribution in [0.3, 0.4) is 0 Å². The highest BCUT2D eigenvalue weighted by atomic mass is 35.5. The predicted molar refractivity (Wildman–Crippen MR) is 173 cm³/mol. The maximum absolute atomic E-state index is 13.7. The number of hydrogen-bond donors (Lipinski definition) is 2. The van der Waals surface area contributed by atoms with Gasteiger partial charge in [0.15, 0.2) is 0 Å². The van der Waals surface area contributed by atoms with Crippen LogP contribution in [0.1, 0.15) is 90.9 Å². The van der Waals surface area contributed by atoms with E-state index in [2.05, 4.69) is 29.1 Å². The van der Waals surface area contributed by atoms with Crippen LogP contribution in [0.5, 0.6) is 0 Å². The molecule has 0 saturated heterocycles. The number of aryl methyl sites for hydroxylation is 3. The summed E-state index contributed by atoms with van der Waals surface area (Å²) in [5, 5.41) is 27.5. The van der Waals surface area contributed by atoms with Crippen LogP contribution in [0.4, 0.5) is 29.5 Å². The monoisotopic (exact) mass is 662 g/mol. The molecule has 8 nitrogen and oxygen atoms in total. The van der Waals surface area contributed by atoms with Gasteiger partial charge >= 0.3 is 12.3 Å². The maximum atomic E-state index is 13.7. The molecule has 0 amide bonds. The van der Waals surface area contributed by atoms with Gasteiger partial charge in [0, 0.05) is 37.9 Å². The zero-order chi connectivity index (χ0) is 32.6. The number of hydrogen-bond acceptors (Lipinski definition) is 6. The Morgan fingerprint density at radius 1 is 0.978 bits per heavy atom. The molecule has 1 saturated carbocycles. The molecule has 12 heteroatoms. The number of carbonyl (C=O) groups is 1. The Labute approximate surface area is 274 Å². The lowest BCUT2D eigenvalue weighted by Gasteiger charge is -2.34. The van der Waals surface area contributed by atoms with Crippen molar-refractivity contribution in [2.24, 2.45) is 5.92 Å². The van der Waals surface area contributed by atoms with E-state index in [4.69, 9.17) is 19.5 Å². The second-order valence-electron chi connectivity index (χ2n) is 12.0. The first-order valence-electron chi connectivity index (χ1n) is 15.6. The number of anilines is 2. The smallest absolute Gasteiger partial charge is 0.450 e. The van der Waals surface area contributed by atoms with Gasteiger partial charge in [0.2, 0.25) is 5.88 Å². The highest BCUT2D eigenvalue weighted by Crippen LogP contribution is 2.35. The number of halogens is 4. The molecule has 5 rings (SSSR count). The Bertz CT molecular complexity index is 1490. The van der Waals surface area contributed by atoms with E-state index in [0.29, 0.717) is 29.6 Å². The molecular formula is C34H42ClF3N4O4. The van der Waals surface area contributed by atoms with Gasteiger partial charge in [-0.15, -0.1) is 12.4 Å². The van der Waals surface area contributed by atoms with Gasteiger partial charge in [0.05, 0.1) is 22.9 Å². The van der Waals surface area contributed by atoms with E-state index in [1.807, 2.05) is 24.0 Å². The number of rotatable bonds is 9. The van der Waals surface area contributed by atoms with Crippen LogP contribution in [0.15, 0.2) is 40.9 Å². The number of nitriles is 1. The number of alkyl halides is 3. The number of benzene rings is 2. The average Bonchev–Trinajstić information content (AvgIpc) is 3.45. The zero-order valence-corrected chi connectivity index (χ0v) is 27.1. The fourth-order valence-corrected chi connectivity index (χ4v) is 6.47. The van der Waals surface area contributed by atoms with E-state index in [9.17, 15) is 18.4 Å². The van der Waals surface area contributed by atoms with Gasteiger partial charge < -0.3 is 24.5 Å². The number of carboxylic acid groups (broad SMARTS) is 2. The zero-order valence-electron chi connectivity index (χ0n) is 26.3.